The van der Waals surface area contributed by atoms with Crippen LogP contribution >= 0.6 is 0 Å². The maximum atomic E-state index is 4.97. The highest BCUT2D eigenvalue weighted by Crippen LogP contribution is 2.23. The number of benzene rings is 1. The molecule has 2 aliphatic rings. The van der Waals surface area contributed by atoms with Gasteiger partial charge in [-0.05, 0) is 24.2 Å². The van der Waals surface area contributed by atoms with Crippen molar-refractivity contribution in [2.24, 2.45) is 0 Å². The molecule has 0 aromatic heterocycles. The molecule has 0 spiro atoms. The summed E-state index contributed by atoms with van der Waals surface area (Å²) in [5.74, 6) is 0.394. The van der Waals surface area contributed by atoms with E-state index in [1.54, 1.807) is 0 Å². The molecule has 0 N–H and O–H groups in total. The van der Waals surface area contributed by atoms with Crippen LogP contribution in [0.25, 0.3) is 0 Å². The Hall–Kier alpha value is -1.04. The van der Waals surface area contributed by atoms with Crippen LogP contribution in [0.5, 0.6) is 0 Å². The van der Waals surface area contributed by atoms with Crippen molar-refractivity contribution in [1.82, 2.24) is 4.90 Å². The number of rotatable bonds is 3. The van der Waals surface area contributed by atoms with Gasteiger partial charge in [-0.2, -0.15) is 0 Å². The van der Waals surface area contributed by atoms with Gasteiger partial charge in [-0.1, -0.05) is 19.1 Å². The van der Waals surface area contributed by atoms with Crippen molar-refractivity contribution in [2.45, 2.75) is 12.7 Å². The first kappa shape index (κ1) is 13.0. The van der Waals surface area contributed by atoms with Crippen LogP contribution in [-0.2, 0) is 9.69 Å². The summed E-state index contributed by atoms with van der Waals surface area (Å²) in [4.78, 5) is 14.9. The third kappa shape index (κ3) is 2.94. The zero-order valence-electron chi connectivity index (χ0n) is 11.5. The average molecular weight is 260 g/mol. The SMILES string of the molecule is CCN1CCN(c2ccc(C3BOOC3)cc2)CC1. The van der Waals surface area contributed by atoms with Gasteiger partial charge in [0, 0.05) is 37.7 Å². The quantitative estimate of drug-likeness (QED) is 0.602. The van der Waals surface area contributed by atoms with Gasteiger partial charge in [-0.25, -0.2) is 0 Å². The van der Waals surface area contributed by atoms with Crippen LogP contribution in [0.3, 0.4) is 0 Å². The van der Waals surface area contributed by atoms with E-state index >= 15 is 0 Å². The van der Waals surface area contributed by atoms with Gasteiger partial charge < -0.3 is 14.6 Å². The summed E-state index contributed by atoms with van der Waals surface area (Å²) in [5, 5.41) is 0. The van der Waals surface area contributed by atoms with Gasteiger partial charge in [0.2, 0.25) is 0 Å². The molecule has 2 heterocycles. The first-order valence-electron chi connectivity index (χ1n) is 7.18. The van der Waals surface area contributed by atoms with E-state index in [1.807, 2.05) is 0 Å². The number of hydrogen-bond acceptors (Lipinski definition) is 4. The Bertz CT molecular complexity index is 398. The minimum absolute atomic E-state index is 0.394. The first-order chi connectivity index (χ1) is 9.36. The molecule has 2 fully saturated rings. The van der Waals surface area contributed by atoms with Crippen molar-refractivity contribution in [3.63, 3.8) is 0 Å². The molecule has 19 heavy (non-hydrogen) atoms. The molecule has 1 aromatic carbocycles. The fraction of sp³-hybridized carbons (Fsp3) is 0.571. The van der Waals surface area contributed by atoms with Gasteiger partial charge in [0.25, 0.3) is 0 Å². The van der Waals surface area contributed by atoms with E-state index in [0.717, 1.165) is 19.6 Å². The second kappa shape index (κ2) is 5.95. The Balaban J connectivity index is 1.62. The maximum Gasteiger partial charge on any atom is 0.333 e. The van der Waals surface area contributed by atoms with Crippen LogP contribution in [0.4, 0.5) is 5.69 Å². The number of anilines is 1. The summed E-state index contributed by atoms with van der Waals surface area (Å²) in [7, 11) is 0.675. The Morgan fingerprint density at radius 1 is 1.16 bits per heavy atom. The van der Waals surface area contributed by atoms with Crippen molar-refractivity contribution < 1.29 is 9.69 Å². The van der Waals surface area contributed by atoms with Crippen molar-refractivity contribution >= 4 is 13.2 Å². The highest BCUT2D eigenvalue weighted by Gasteiger charge is 2.22. The average Bonchev–Trinajstić information content (AvgIpc) is 3.02. The zero-order chi connectivity index (χ0) is 13.1. The lowest BCUT2D eigenvalue weighted by Gasteiger charge is -2.35. The molecule has 0 bridgehead atoms. The number of hydrogen-bond donors (Lipinski definition) is 0. The van der Waals surface area contributed by atoms with Gasteiger partial charge in [-0.3, -0.25) is 4.89 Å². The van der Waals surface area contributed by atoms with E-state index in [9.17, 15) is 0 Å². The van der Waals surface area contributed by atoms with E-state index in [0.29, 0.717) is 19.9 Å². The molecule has 3 rings (SSSR count). The molecule has 1 unspecified atom stereocenters. The second-order valence-electron chi connectivity index (χ2n) is 5.28. The molecule has 102 valence electrons. The van der Waals surface area contributed by atoms with E-state index in [2.05, 4.69) is 41.0 Å². The van der Waals surface area contributed by atoms with Crippen LogP contribution in [-0.4, -0.2) is 51.7 Å². The lowest BCUT2D eigenvalue weighted by Crippen LogP contribution is -2.46. The molecule has 0 radical (unpaired) electrons. The summed E-state index contributed by atoms with van der Waals surface area (Å²) < 4.78 is 0. The predicted octanol–water partition coefficient (Wildman–Crippen LogP) is 1.18. The van der Waals surface area contributed by atoms with Gasteiger partial charge in [0.15, 0.2) is 0 Å². The summed E-state index contributed by atoms with van der Waals surface area (Å²) in [5.41, 5.74) is 2.65. The van der Waals surface area contributed by atoms with Gasteiger partial charge >= 0.3 is 7.48 Å². The molecule has 2 aliphatic heterocycles. The molecule has 0 amide bonds. The van der Waals surface area contributed by atoms with Crippen molar-refractivity contribution in [2.75, 3.05) is 44.2 Å². The topological polar surface area (TPSA) is 24.9 Å². The van der Waals surface area contributed by atoms with Gasteiger partial charge in [0.1, 0.15) is 0 Å². The van der Waals surface area contributed by atoms with Crippen LogP contribution in [0.2, 0.25) is 0 Å². The Labute approximate surface area is 115 Å². The maximum absolute atomic E-state index is 4.97. The molecule has 4 nitrogen and oxygen atoms in total. The smallest absolute Gasteiger partial charge is 0.333 e. The Kier molecular flexibility index (Phi) is 4.06. The van der Waals surface area contributed by atoms with E-state index in [-0.39, 0.29) is 0 Å². The molecule has 5 heteroatoms. The third-order valence-corrected chi connectivity index (χ3v) is 4.17. The summed E-state index contributed by atoms with van der Waals surface area (Å²) in [6, 6.07) is 8.89. The molecule has 0 aliphatic carbocycles. The van der Waals surface area contributed by atoms with Gasteiger partial charge in [-0.15, -0.1) is 0 Å². The number of nitrogens with zero attached hydrogens (tertiary/aromatic N) is 2. The number of piperazine rings is 1. The molecule has 0 saturated carbocycles. The molecule has 1 atom stereocenters. The van der Waals surface area contributed by atoms with E-state index in [4.69, 9.17) is 9.69 Å². The minimum atomic E-state index is 0.394. The third-order valence-electron chi connectivity index (χ3n) is 4.17. The lowest BCUT2D eigenvalue weighted by molar-refractivity contribution is -0.183. The van der Waals surface area contributed by atoms with E-state index in [1.165, 1.54) is 24.3 Å². The lowest BCUT2D eigenvalue weighted by atomic mass is 9.77. The molecule has 1 aromatic rings. The molecular weight excluding hydrogens is 239 g/mol. The summed E-state index contributed by atoms with van der Waals surface area (Å²) in [6.07, 6.45) is 0. The van der Waals surface area contributed by atoms with Crippen LogP contribution in [0, 0.1) is 0 Å². The summed E-state index contributed by atoms with van der Waals surface area (Å²) >= 11 is 0. The normalized spacial score (nSPS) is 24.5. The van der Waals surface area contributed by atoms with Crippen molar-refractivity contribution in [3.05, 3.63) is 29.8 Å². The Morgan fingerprint density at radius 2 is 1.89 bits per heavy atom. The van der Waals surface area contributed by atoms with Crippen molar-refractivity contribution in [3.8, 4) is 0 Å². The molecule has 2 saturated heterocycles. The highest BCUT2D eigenvalue weighted by molar-refractivity contribution is 6.30. The van der Waals surface area contributed by atoms with Crippen LogP contribution in [0.1, 0.15) is 18.3 Å². The first-order valence-corrected chi connectivity index (χ1v) is 7.18. The largest absolute Gasteiger partial charge is 0.369 e. The monoisotopic (exact) mass is 260 g/mol. The van der Waals surface area contributed by atoms with Crippen LogP contribution < -0.4 is 4.90 Å². The van der Waals surface area contributed by atoms with Crippen LogP contribution in [0.15, 0.2) is 24.3 Å². The highest BCUT2D eigenvalue weighted by atomic mass is 17.2. The van der Waals surface area contributed by atoms with Crippen molar-refractivity contribution in [1.29, 1.82) is 0 Å². The Morgan fingerprint density at radius 3 is 2.47 bits per heavy atom. The zero-order valence-corrected chi connectivity index (χ0v) is 11.5. The summed E-state index contributed by atoms with van der Waals surface area (Å²) in [6.45, 7) is 8.66. The van der Waals surface area contributed by atoms with Gasteiger partial charge in [0.05, 0.1) is 6.61 Å². The fourth-order valence-electron chi connectivity index (χ4n) is 2.78. The second-order valence-corrected chi connectivity index (χ2v) is 5.28. The fourth-order valence-corrected chi connectivity index (χ4v) is 2.78. The minimum Gasteiger partial charge on any atom is -0.369 e. The predicted molar refractivity (Wildman–Crippen MR) is 77.7 cm³/mol. The number of likely N-dealkylation sites (N-methyl/N-ethyl adjacent to an activating group) is 1. The molecular formula is C14H21BN2O2. The standard InChI is InChI=1S/C14H21BN2O2/c1-2-16-7-9-17(10-8-16)13-5-3-12(4-6-13)14-11-18-19-15-14/h3-6,14-15H,2,7-11H2,1H3. The van der Waals surface area contributed by atoms with E-state index < -0.39 is 0 Å².